The molecule has 18 heavy (non-hydrogen) atoms. The highest BCUT2D eigenvalue weighted by molar-refractivity contribution is 5.85. The zero-order valence-corrected chi connectivity index (χ0v) is 12.1. The number of rotatable bonds is 7. The lowest BCUT2D eigenvalue weighted by Gasteiger charge is -2.35. The van der Waals surface area contributed by atoms with Gasteiger partial charge in [0.15, 0.2) is 5.84 Å². The van der Waals surface area contributed by atoms with E-state index in [2.05, 4.69) is 30.8 Å². The molecule has 0 aromatic rings. The van der Waals surface area contributed by atoms with Crippen molar-refractivity contribution in [1.29, 1.82) is 0 Å². The Balaban J connectivity index is 2.73. The van der Waals surface area contributed by atoms with Crippen LogP contribution in [0.2, 0.25) is 0 Å². The summed E-state index contributed by atoms with van der Waals surface area (Å²) >= 11 is 0. The molecule has 0 heterocycles. The van der Waals surface area contributed by atoms with Crippen LogP contribution in [0.1, 0.15) is 59.3 Å². The number of hydrogen-bond acceptors (Lipinski definition) is 3. The Morgan fingerprint density at radius 1 is 1.39 bits per heavy atom. The predicted octanol–water partition coefficient (Wildman–Crippen LogP) is 2.80. The van der Waals surface area contributed by atoms with Gasteiger partial charge in [-0.2, -0.15) is 0 Å². The number of amidine groups is 1. The molecule has 0 bridgehead atoms. The van der Waals surface area contributed by atoms with Gasteiger partial charge in [0.2, 0.25) is 0 Å². The van der Waals surface area contributed by atoms with Crippen molar-refractivity contribution in [3.63, 3.8) is 0 Å². The SMILES string of the molecule is CCC(C(N)=NO)N(CCC(C)C)C1CCCC1. The van der Waals surface area contributed by atoms with E-state index in [4.69, 9.17) is 10.9 Å². The van der Waals surface area contributed by atoms with E-state index in [1.807, 2.05) is 0 Å². The fourth-order valence-electron chi connectivity index (χ4n) is 2.92. The molecule has 0 aromatic carbocycles. The van der Waals surface area contributed by atoms with Gasteiger partial charge in [0.25, 0.3) is 0 Å². The third kappa shape index (κ3) is 4.16. The van der Waals surface area contributed by atoms with Gasteiger partial charge in [0.05, 0.1) is 6.04 Å². The van der Waals surface area contributed by atoms with Crippen LogP contribution in [0, 0.1) is 5.92 Å². The summed E-state index contributed by atoms with van der Waals surface area (Å²) in [6, 6.07) is 0.714. The minimum atomic E-state index is 0.0943. The minimum absolute atomic E-state index is 0.0943. The first-order valence-corrected chi connectivity index (χ1v) is 7.33. The molecule has 1 atom stereocenters. The number of nitrogens with two attached hydrogens (primary N) is 1. The normalized spacial score (nSPS) is 19.9. The highest BCUT2D eigenvalue weighted by atomic mass is 16.4. The molecule has 1 unspecified atom stereocenters. The van der Waals surface area contributed by atoms with Crippen LogP contribution in [0.3, 0.4) is 0 Å². The lowest BCUT2D eigenvalue weighted by atomic mass is 10.0. The molecule has 0 spiro atoms. The van der Waals surface area contributed by atoms with Crippen molar-refractivity contribution in [1.82, 2.24) is 4.90 Å². The third-order valence-corrected chi connectivity index (χ3v) is 4.00. The first-order chi connectivity index (χ1) is 8.60. The fraction of sp³-hybridized carbons (Fsp3) is 0.929. The van der Waals surface area contributed by atoms with Gasteiger partial charge in [0.1, 0.15) is 0 Å². The first kappa shape index (κ1) is 15.3. The summed E-state index contributed by atoms with van der Waals surface area (Å²) < 4.78 is 0. The average molecular weight is 255 g/mol. The van der Waals surface area contributed by atoms with Crippen molar-refractivity contribution in [3.8, 4) is 0 Å². The molecule has 0 radical (unpaired) electrons. The summed E-state index contributed by atoms with van der Waals surface area (Å²) in [7, 11) is 0. The first-order valence-electron chi connectivity index (χ1n) is 7.33. The molecular weight excluding hydrogens is 226 g/mol. The summed E-state index contributed by atoms with van der Waals surface area (Å²) in [6.07, 6.45) is 7.22. The lowest BCUT2D eigenvalue weighted by Crippen LogP contribution is -2.49. The molecule has 1 rings (SSSR count). The van der Waals surface area contributed by atoms with E-state index >= 15 is 0 Å². The molecule has 0 aliphatic heterocycles. The Labute approximate surface area is 111 Å². The Morgan fingerprint density at radius 2 is 2.00 bits per heavy atom. The maximum absolute atomic E-state index is 8.94. The summed E-state index contributed by atoms with van der Waals surface area (Å²) in [5.74, 6) is 1.06. The Morgan fingerprint density at radius 3 is 2.44 bits per heavy atom. The van der Waals surface area contributed by atoms with Crippen molar-refractivity contribution in [3.05, 3.63) is 0 Å². The van der Waals surface area contributed by atoms with Crippen molar-refractivity contribution in [2.24, 2.45) is 16.8 Å². The predicted molar refractivity (Wildman–Crippen MR) is 75.9 cm³/mol. The molecular formula is C14H29N3O. The van der Waals surface area contributed by atoms with Crippen LogP contribution in [0.4, 0.5) is 0 Å². The molecule has 4 nitrogen and oxygen atoms in total. The monoisotopic (exact) mass is 255 g/mol. The maximum Gasteiger partial charge on any atom is 0.156 e. The topological polar surface area (TPSA) is 61.9 Å². The summed E-state index contributed by atoms with van der Waals surface area (Å²) in [5.41, 5.74) is 5.86. The van der Waals surface area contributed by atoms with Crippen molar-refractivity contribution in [2.75, 3.05) is 6.54 Å². The van der Waals surface area contributed by atoms with Gasteiger partial charge in [-0.25, -0.2) is 0 Å². The molecule has 1 aliphatic rings. The van der Waals surface area contributed by atoms with Crippen LogP contribution in [-0.4, -0.2) is 34.6 Å². The smallest absolute Gasteiger partial charge is 0.156 e. The van der Waals surface area contributed by atoms with Gasteiger partial charge in [0, 0.05) is 6.04 Å². The zero-order valence-electron chi connectivity index (χ0n) is 12.1. The van der Waals surface area contributed by atoms with Crippen LogP contribution in [0.5, 0.6) is 0 Å². The second kappa shape index (κ2) is 7.62. The van der Waals surface area contributed by atoms with E-state index in [0.29, 0.717) is 17.8 Å². The van der Waals surface area contributed by atoms with E-state index < -0.39 is 0 Å². The Bertz CT molecular complexity index is 260. The number of nitrogens with zero attached hydrogens (tertiary/aromatic N) is 2. The van der Waals surface area contributed by atoms with Gasteiger partial charge in [-0.3, -0.25) is 4.90 Å². The average Bonchev–Trinajstić information content (AvgIpc) is 2.86. The van der Waals surface area contributed by atoms with E-state index in [9.17, 15) is 0 Å². The quantitative estimate of drug-likeness (QED) is 0.318. The fourth-order valence-corrected chi connectivity index (χ4v) is 2.92. The second-order valence-corrected chi connectivity index (χ2v) is 5.81. The van der Waals surface area contributed by atoms with Gasteiger partial charge in [-0.1, -0.05) is 38.8 Å². The summed E-state index contributed by atoms with van der Waals surface area (Å²) in [4.78, 5) is 2.47. The van der Waals surface area contributed by atoms with Crippen molar-refractivity contribution >= 4 is 5.84 Å². The summed E-state index contributed by atoms with van der Waals surface area (Å²) in [5, 5.41) is 12.2. The van der Waals surface area contributed by atoms with E-state index in [0.717, 1.165) is 13.0 Å². The lowest BCUT2D eigenvalue weighted by molar-refractivity contribution is 0.155. The van der Waals surface area contributed by atoms with E-state index in [1.54, 1.807) is 0 Å². The molecule has 4 heteroatoms. The highest BCUT2D eigenvalue weighted by Crippen LogP contribution is 2.26. The molecule has 0 amide bonds. The van der Waals surface area contributed by atoms with E-state index in [1.165, 1.54) is 32.1 Å². The standard InChI is InChI=1S/C14H29N3O/c1-4-13(14(15)16-18)17(10-9-11(2)3)12-7-5-6-8-12/h11-13,18H,4-10H2,1-3H3,(H2,15,16). The van der Waals surface area contributed by atoms with Gasteiger partial charge in [-0.15, -0.1) is 0 Å². The third-order valence-electron chi connectivity index (χ3n) is 4.00. The Kier molecular flexibility index (Phi) is 6.47. The minimum Gasteiger partial charge on any atom is -0.409 e. The van der Waals surface area contributed by atoms with E-state index in [-0.39, 0.29) is 6.04 Å². The van der Waals surface area contributed by atoms with Crippen LogP contribution in [0.25, 0.3) is 0 Å². The Hall–Kier alpha value is -0.770. The number of hydrogen-bond donors (Lipinski definition) is 2. The molecule has 0 saturated heterocycles. The van der Waals surface area contributed by atoms with Gasteiger partial charge in [-0.05, 0) is 38.1 Å². The van der Waals surface area contributed by atoms with Gasteiger partial charge < -0.3 is 10.9 Å². The molecule has 1 fully saturated rings. The van der Waals surface area contributed by atoms with Crippen molar-refractivity contribution < 1.29 is 5.21 Å². The zero-order chi connectivity index (χ0) is 13.5. The van der Waals surface area contributed by atoms with Crippen molar-refractivity contribution in [2.45, 2.75) is 71.4 Å². The maximum atomic E-state index is 8.94. The molecule has 1 aliphatic carbocycles. The summed E-state index contributed by atoms with van der Waals surface area (Å²) in [6.45, 7) is 7.66. The van der Waals surface area contributed by atoms with Crippen LogP contribution in [-0.2, 0) is 0 Å². The highest BCUT2D eigenvalue weighted by Gasteiger charge is 2.29. The van der Waals surface area contributed by atoms with Crippen LogP contribution < -0.4 is 5.73 Å². The van der Waals surface area contributed by atoms with Gasteiger partial charge >= 0.3 is 0 Å². The van der Waals surface area contributed by atoms with Crippen LogP contribution in [0.15, 0.2) is 5.16 Å². The second-order valence-electron chi connectivity index (χ2n) is 5.81. The molecule has 1 saturated carbocycles. The molecule has 0 aromatic heterocycles. The largest absolute Gasteiger partial charge is 0.409 e. The molecule has 3 N–H and O–H groups in total. The number of oxime groups is 1. The van der Waals surface area contributed by atoms with Crippen LogP contribution >= 0.6 is 0 Å². The molecule has 106 valence electrons.